The summed E-state index contributed by atoms with van der Waals surface area (Å²) in [6.45, 7) is 4.34. The molecular weight excluding hydrogens is 366 g/mol. The van der Waals surface area contributed by atoms with Crippen molar-refractivity contribution in [2.24, 2.45) is 0 Å². The van der Waals surface area contributed by atoms with Crippen molar-refractivity contribution in [3.8, 4) is 0 Å². The van der Waals surface area contributed by atoms with Gasteiger partial charge < -0.3 is 4.90 Å². The molecule has 2 aromatic rings. The number of benzene rings is 2. The zero-order valence-electron chi connectivity index (χ0n) is 13.9. The molecule has 0 aliphatic carbocycles. The Balaban J connectivity index is 1.82. The number of fused-ring (bicyclic) bond motifs is 1. The van der Waals surface area contributed by atoms with E-state index in [9.17, 15) is 9.59 Å². The maximum absolute atomic E-state index is 12.6. The molecule has 1 heterocycles. The first-order valence-electron chi connectivity index (χ1n) is 8.17. The van der Waals surface area contributed by atoms with Crippen molar-refractivity contribution >= 4 is 33.3 Å². The average molecular weight is 386 g/mol. The van der Waals surface area contributed by atoms with Crippen LogP contribution in [0.15, 0.2) is 46.9 Å². The minimum absolute atomic E-state index is 0.0111. The Morgan fingerprint density at radius 3 is 2.50 bits per heavy atom. The van der Waals surface area contributed by atoms with Crippen LogP contribution >= 0.6 is 15.9 Å². The molecule has 0 unspecified atom stereocenters. The van der Waals surface area contributed by atoms with Crippen molar-refractivity contribution < 1.29 is 9.59 Å². The number of nitrogens with zero attached hydrogens (tertiary/aromatic N) is 1. The molecule has 4 heteroatoms. The van der Waals surface area contributed by atoms with E-state index in [2.05, 4.69) is 29.8 Å². The number of aryl methyl sites for hydroxylation is 1. The first-order valence-corrected chi connectivity index (χ1v) is 8.97. The summed E-state index contributed by atoms with van der Waals surface area (Å²) in [5.41, 5.74) is 3.81. The number of halogens is 1. The molecule has 2 aromatic carbocycles. The molecule has 124 valence electrons. The predicted octanol–water partition coefficient (Wildman–Crippen LogP) is 4.73. The van der Waals surface area contributed by atoms with Crippen LogP contribution in [0.4, 0.5) is 5.69 Å². The molecule has 0 aromatic heterocycles. The fourth-order valence-corrected chi connectivity index (χ4v) is 3.40. The van der Waals surface area contributed by atoms with Crippen LogP contribution in [0.25, 0.3) is 0 Å². The SMILES string of the molecule is CC(C)c1ccc(C(=O)CN2C(=O)CCc3cc(Br)ccc32)cc1. The van der Waals surface area contributed by atoms with Gasteiger partial charge in [0.1, 0.15) is 0 Å². The van der Waals surface area contributed by atoms with Crippen molar-refractivity contribution in [1.82, 2.24) is 0 Å². The maximum atomic E-state index is 12.6. The van der Waals surface area contributed by atoms with Gasteiger partial charge in [-0.15, -0.1) is 0 Å². The molecule has 24 heavy (non-hydrogen) atoms. The van der Waals surface area contributed by atoms with E-state index in [0.29, 0.717) is 17.9 Å². The van der Waals surface area contributed by atoms with Crippen LogP contribution in [0.1, 0.15) is 47.7 Å². The van der Waals surface area contributed by atoms with Crippen molar-refractivity contribution in [3.05, 3.63) is 63.6 Å². The molecule has 0 N–H and O–H groups in total. The lowest BCUT2D eigenvalue weighted by Crippen LogP contribution is -2.39. The van der Waals surface area contributed by atoms with E-state index in [1.54, 1.807) is 4.90 Å². The Morgan fingerprint density at radius 2 is 1.83 bits per heavy atom. The highest BCUT2D eigenvalue weighted by Crippen LogP contribution is 2.30. The number of carbonyl (C=O) groups excluding carboxylic acids is 2. The molecule has 0 spiro atoms. The van der Waals surface area contributed by atoms with E-state index >= 15 is 0 Å². The summed E-state index contributed by atoms with van der Waals surface area (Å²) in [6.07, 6.45) is 1.17. The van der Waals surface area contributed by atoms with Gasteiger partial charge in [-0.1, -0.05) is 54.0 Å². The third kappa shape index (κ3) is 3.44. The summed E-state index contributed by atoms with van der Waals surface area (Å²) in [4.78, 5) is 26.5. The van der Waals surface area contributed by atoms with E-state index in [1.165, 1.54) is 5.56 Å². The lowest BCUT2D eigenvalue weighted by molar-refractivity contribution is -0.118. The number of anilines is 1. The molecule has 0 bridgehead atoms. The summed E-state index contributed by atoms with van der Waals surface area (Å²) in [6, 6.07) is 13.5. The number of rotatable bonds is 4. The molecule has 0 radical (unpaired) electrons. The van der Waals surface area contributed by atoms with E-state index in [1.807, 2.05) is 42.5 Å². The van der Waals surface area contributed by atoms with Crippen molar-refractivity contribution in [3.63, 3.8) is 0 Å². The summed E-state index contributed by atoms with van der Waals surface area (Å²) in [7, 11) is 0. The van der Waals surface area contributed by atoms with E-state index in [0.717, 1.165) is 22.1 Å². The maximum Gasteiger partial charge on any atom is 0.227 e. The molecular formula is C20H20BrNO2. The number of carbonyl (C=O) groups is 2. The summed E-state index contributed by atoms with van der Waals surface area (Å²) < 4.78 is 0.992. The van der Waals surface area contributed by atoms with Gasteiger partial charge >= 0.3 is 0 Å². The Morgan fingerprint density at radius 1 is 1.12 bits per heavy atom. The molecule has 0 atom stereocenters. The lowest BCUT2D eigenvalue weighted by atomic mass is 9.98. The normalized spacial score (nSPS) is 14.0. The molecule has 1 aliphatic heterocycles. The van der Waals surface area contributed by atoms with Gasteiger partial charge in [0.15, 0.2) is 5.78 Å². The molecule has 1 amide bonds. The third-order valence-electron chi connectivity index (χ3n) is 4.44. The van der Waals surface area contributed by atoms with Gasteiger partial charge in [0.05, 0.1) is 6.54 Å². The highest BCUT2D eigenvalue weighted by molar-refractivity contribution is 9.10. The highest BCUT2D eigenvalue weighted by Gasteiger charge is 2.26. The van der Waals surface area contributed by atoms with E-state index in [-0.39, 0.29) is 18.2 Å². The van der Waals surface area contributed by atoms with Crippen molar-refractivity contribution in [2.45, 2.75) is 32.6 Å². The summed E-state index contributed by atoms with van der Waals surface area (Å²) in [5.74, 6) is 0.412. The number of ketones is 1. The second kappa shape index (κ2) is 6.89. The van der Waals surface area contributed by atoms with Gasteiger partial charge in [-0.25, -0.2) is 0 Å². The topological polar surface area (TPSA) is 37.4 Å². The van der Waals surface area contributed by atoms with Gasteiger partial charge in [-0.3, -0.25) is 9.59 Å². The quantitative estimate of drug-likeness (QED) is 0.713. The van der Waals surface area contributed by atoms with Crippen molar-refractivity contribution in [2.75, 3.05) is 11.4 Å². The molecule has 0 saturated carbocycles. The predicted molar refractivity (Wildman–Crippen MR) is 99.7 cm³/mol. The number of Topliss-reactive ketones (excluding diaryl/α,β-unsaturated/α-hetero) is 1. The van der Waals surface area contributed by atoms with Crippen LogP contribution in [-0.2, 0) is 11.2 Å². The van der Waals surface area contributed by atoms with Crippen LogP contribution in [-0.4, -0.2) is 18.2 Å². The smallest absolute Gasteiger partial charge is 0.227 e. The third-order valence-corrected chi connectivity index (χ3v) is 4.94. The Bertz CT molecular complexity index is 781. The van der Waals surface area contributed by atoms with E-state index < -0.39 is 0 Å². The average Bonchev–Trinajstić information content (AvgIpc) is 2.57. The van der Waals surface area contributed by atoms with E-state index in [4.69, 9.17) is 0 Å². The number of hydrogen-bond donors (Lipinski definition) is 0. The highest BCUT2D eigenvalue weighted by atomic mass is 79.9. The van der Waals surface area contributed by atoms with Crippen LogP contribution < -0.4 is 4.90 Å². The Kier molecular flexibility index (Phi) is 4.86. The monoisotopic (exact) mass is 385 g/mol. The van der Waals surface area contributed by atoms with Gasteiger partial charge in [0, 0.05) is 22.1 Å². The second-order valence-electron chi connectivity index (χ2n) is 6.45. The first kappa shape index (κ1) is 16.9. The molecule has 3 rings (SSSR count). The number of hydrogen-bond acceptors (Lipinski definition) is 2. The van der Waals surface area contributed by atoms with Gasteiger partial charge in [0.25, 0.3) is 0 Å². The van der Waals surface area contributed by atoms with Gasteiger partial charge in [0.2, 0.25) is 5.91 Å². The zero-order chi connectivity index (χ0) is 17.3. The van der Waals surface area contributed by atoms with Crippen molar-refractivity contribution in [1.29, 1.82) is 0 Å². The Labute approximate surface area is 150 Å². The van der Waals surface area contributed by atoms with Crippen LogP contribution in [0.3, 0.4) is 0 Å². The molecule has 3 nitrogen and oxygen atoms in total. The minimum atomic E-state index is -0.0329. The van der Waals surface area contributed by atoms with Gasteiger partial charge in [-0.05, 0) is 41.7 Å². The molecule has 0 fully saturated rings. The summed E-state index contributed by atoms with van der Waals surface area (Å²) in [5, 5.41) is 0. The van der Waals surface area contributed by atoms with Crippen LogP contribution in [0.2, 0.25) is 0 Å². The molecule has 1 aliphatic rings. The number of amides is 1. The second-order valence-corrected chi connectivity index (χ2v) is 7.37. The largest absolute Gasteiger partial charge is 0.304 e. The zero-order valence-corrected chi connectivity index (χ0v) is 15.5. The van der Waals surface area contributed by atoms with Crippen LogP contribution in [0.5, 0.6) is 0 Å². The van der Waals surface area contributed by atoms with Crippen LogP contribution in [0, 0.1) is 0 Å². The minimum Gasteiger partial charge on any atom is -0.304 e. The fraction of sp³-hybridized carbons (Fsp3) is 0.300. The standard InChI is InChI=1S/C20H20BrNO2/c1-13(2)14-3-5-15(6-4-14)19(23)12-22-18-9-8-17(21)11-16(18)7-10-20(22)24/h3-6,8-9,11,13H,7,10,12H2,1-2H3. The first-order chi connectivity index (χ1) is 11.5. The summed E-state index contributed by atoms with van der Waals surface area (Å²) >= 11 is 3.46. The fourth-order valence-electron chi connectivity index (χ4n) is 2.99. The van der Waals surface area contributed by atoms with Gasteiger partial charge in [-0.2, -0.15) is 0 Å². The molecule has 0 saturated heterocycles. The Hall–Kier alpha value is -1.94. The lowest BCUT2D eigenvalue weighted by Gasteiger charge is -2.29.